The molecule has 0 fully saturated rings. The molecule has 0 saturated carbocycles. The lowest BCUT2D eigenvalue weighted by Gasteiger charge is -2.16. The smallest absolute Gasteiger partial charge is 0.0482 e. The van der Waals surface area contributed by atoms with E-state index in [0.717, 1.165) is 6.42 Å². The molecule has 0 saturated heterocycles. The number of allylic oxidation sites excluding steroid dienone is 3. The maximum Gasteiger partial charge on any atom is 0.0482 e. The van der Waals surface area contributed by atoms with Crippen LogP contribution in [0.3, 0.4) is 0 Å². The number of fused-ring (bicyclic) bond motifs is 1. The molecule has 23 heavy (non-hydrogen) atoms. The van der Waals surface area contributed by atoms with Crippen molar-refractivity contribution in [3.05, 3.63) is 72.5 Å². The van der Waals surface area contributed by atoms with Crippen LogP contribution in [0.5, 0.6) is 0 Å². The first-order valence-electron chi connectivity index (χ1n) is 8.61. The van der Waals surface area contributed by atoms with Crippen LogP contribution < -0.4 is 5.32 Å². The zero-order chi connectivity index (χ0) is 17.7. The highest BCUT2D eigenvalue weighted by atomic mass is 14.9. The summed E-state index contributed by atoms with van der Waals surface area (Å²) >= 11 is 0. The van der Waals surface area contributed by atoms with Gasteiger partial charge in [0.15, 0.2) is 0 Å². The molecular formula is C22H33N. The molecule has 126 valence electrons. The Morgan fingerprint density at radius 2 is 1.70 bits per heavy atom. The Kier molecular flexibility index (Phi) is 11.4. The van der Waals surface area contributed by atoms with Gasteiger partial charge in [-0.15, -0.1) is 6.58 Å². The van der Waals surface area contributed by atoms with Crippen LogP contribution in [0, 0.1) is 0 Å². The van der Waals surface area contributed by atoms with E-state index in [-0.39, 0.29) is 0 Å². The fraction of sp³-hybridized carbons (Fsp3) is 0.364. The number of rotatable bonds is 4. The molecule has 0 aromatic heterocycles. The predicted octanol–water partition coefficient (Wildman–Crippen LogP) is 7.02. The number of hydrogen-bond donors (Lipinski definition) is 1. The van der Waals surface area contributed by atoms with Crippen LogP contribution in [0.15, 0.2) is 66.9 Å². The molecular weight excluding hydrogens is 278 g/mol. The number of hydrogen-bond acceptors (Lipinski definition) is 1. The zero-order valence-corrected chi connectivity index (χ0v) is 15.7. The van der Waals surface area contributed by atoms with Crippen molar-refractivity contribution < 1.29 is 0 Å². The van der Waals surface area contributed by atoms with Crippen molar-refractivity contribution in [1.29, 1.82) is 0 Å². The SMILES string of the molecule is C/C=C(\C)NC(C)c1ccc2ccccc2c1.C=CCC.CC. The van der Waals surface area contributed by atoms with Crippen molar-refractivity contribution in [2.75, 3.05) is 0 Å². The zero-order valence-electron chi connectivity index (χ0n) is 15.7. The Morgan fingerprint density at radius 1 is 1.13 bits per heavy atom. The van der Waals surface area contributed by atoms with Crippen LogP contribution >= 0.6 is 0 Å². The molecule has 2 aromatic rings. The Morgan fingerprint density at radius 3 is 2.22 bits per heavy atom. The van der Waals surface area contributed by atoms with E-state index in [1.165, 1.54) is 22.0 Å². The van der Waals surface area contributed by atoms with Gasteiger partial charge in [-0.1, -0.05) is 69.3 Å². The highest BCUT2D eigenvalue weighted by molar-refractivity contribution is 5.83. The van der Waals surface area contributed by atoms with Crippen LogP contribution in [0.4, 0.5) is 0 Å². The number of nitrogens with one attached hydrogen (secondary N) is 1. The van der Waals surface area contributed by atoms with Crippen molar-refractivity contribution in [2.45, 2.75) is 54.0 Å². The van der Waals surface area contributed by atoms with Gasteiger partial charge in [-0.25, -0.2) is 0 Å². The fourth-order valence-electron chi connectivity index (χ4n) is 1.99. The molecule has 0 spiro atoms. The van der Waals surface area contributed by atoms with E-state index in [9.17, 15) is 0 Å². The highest BCUT2D eigenvalue weighted by Gasteiger charge is 2.05. The van der Waals surface area contributed by atoms with E-state index in [0.29, 0.717) is 6.04 Å². The molecule has 0 heterocycles. The largest absolute Gasteiger partial charge is 0.382 e. The second-order valence-corrected chi connectivity index (χ2v) is 5.14. The second kappa shape index (κ2) is 12.5. The van der Waals surface area contributed by atoms with Crippen molar-refractivity contribution in [1.82, 2.24) is 5.32 Å². The molecule has 1 unspecified atom stereocenters. The van der Waals surface area contributed by atoms with E-state index in [4.69, 9.17) is 0 Å². The van der Waals surface area contributed by atoms with Crippen molar-refractivity contribution in [2.24, 2.45) is 0 Å². The van der Waals surface area contributed by atoms with Crippen LogP contribution in [-0.4, -0.2) is 0 Å². The number of benzene rings is 2. The van der Waals surface area contributed by atoms with E-state index in [1.54, 1.807) is 0 Å². The molecule has 0 amide bonds. The quantitative estimate of drug-likeness (QED) is 0.598. The van der Waals surface area contributed by atoms with Crippen LogP contribution in [0.25, 0.3) is 10.8 Å². The summed E-state index contributed by atoms with van der Waals surface area (Å²) in [5.41, 5.74) is 2.54. The Bertz CT molecular complexity index is 596. The fourth-order valence-corrected chi connectivity index (χ4v) is 1.99. The molecule has 0 aliphatic rings. The summed E-state index contributed by atoms with van der Waals surface area (Å²) in [6, 6.07) is 15.5. The van der Waals surface area contributed by atoms with Crippen LogP contribution in [0.2, 0.25) is 0 Å². The monoisotopic (exact) mass is 311 g/mol. The van der Waals surface area contributed by atoms with Gasteiger partial charge in [-0.2, -0.15) is 0 Å². The Balaban J connectivity index is 0.000000705. The molecule has 0 radical (unpaired) electrons. The average Bonchev–Trinajstić information content (AvgIpc) is 2.63. The topological polar surface area (TPSA) is 12.0 Å². The summed E-state index contributed by atoms with van der Waals surface area (Å²) in [7, 11) is 0. The average molecular weight is 312 g/mol. The van der Waals surface area contributed by atoms with E-state index < -0.39 is 0 Å². The van der Waals surface area contributed by atoms with Gasteiger partial charge in [0, 0.05) is 11.7 Å². The van der Waals surface area contributed by atoms with Crippen LogP contribution in [-0.2, 0) is 0 Å². The molecule has 0 aliphatic heterocycles. The first-order chi connectivity index (χ1) is 11.1. The summed E-state index contributed by atoms with van der Waals surface area (Å²) in [6.45, 7) is 15.9. The molecule has 0 bridgehead atoms. The molecule has 1 nitrogen and oxygen atoms in total. The molecule has 1 N–H and O–H groups in total. The Labute approximate surface area is 143 Å². The summed E-state index contributed by atoms with van der Waals surface area (Å²) in [4.78, 5) is 0. The summed E-state index contributed by atoms with van der Waals surface area (Å²) in [5, 5.41) is 6.07. The molecule has 2 aromatic carbocycles. The van der Waals surface area contributed by atoms with Gasteiger partial charge in [-0.3, -0.25) is 0 Å². The van der Waals surface area contributed by atoms with Gasteiger partial charge in [-0.05, 0) is 49.6 Å². The molecule has 1 atom stereocenters. The van der Waals surface area contributed by atoms with Crippen LogP contribution in [0.1, 0.15) is 59.6 Å². The lowest BCUT2D eigenvalue weighted by molar-refractivity contribution is 0.653. The van der Waals surface area contributed by atoms with Gasteiger partial charge in [0.05, 0.1) is 0 Å². The maximum atomic E-state index is 3.48. The second-order valence-electron chi connectivity index (χ2n) is 5.14. The lowest BCUT2D eigenvalue weighted by atomic mass is 10.0. The van der Waals surface area contributed by atoms with Gasteiger partial charge < -0.3 is 5.32 Å². The normalized spacial score (nSPS) is 11.5. The standard InChI is InChI=1S/C16H19N.C4H8.C2H6/c1-4-12(2)17-13(3)15-10-9-14-7-5-6-8-16(14)11-15;1-3-4-2;1-2/h4-11,13,17H,1-3H3;3H,1,4H2,2H3;1-2H3/b12-4+;;. The van der Waals surface area contributed by atoms with E-state index >= 15 is 0 Å². The lowest BCUT2D eigenvalue weighted by Crippen LogP contribution is -2.16. The van der Waals surface area contributed by atoms with Gasteiger partial charge >= 0.3 is 0 Å². The molecule has 1 heteroatoms. The first-order valence-corrected chi connectivity index (χ1v) is 8.61. The molecule has 2 rings (SSSR count). The minimum Gasteiger partial charge on any atom is -0.382 e. The predicted molar refractivity (Wildman–Crippen MR) is 107 cm³/mol. The summed E-state index contributed by atoms with van der Waals surface area (Å²) in [5.74, 6) is 0. The van der Waals surface area contributed by atoms with Crippen molar-refractivity contribution in [3.8, 4) is 0 Å². The highest BCUT2D eigenvalue weighted by Crippen LogP contribution is 2.20. The minimum absolute atomic E-state index is 0.343. The van der Waals surface area contributed by atoms with Gasteiger partial charge in [0.1, 0.15) is 0 Å². The maximum absolute atomic E-state index is 3.48. The third-order valence-corrected chi connectivity index (χ3v) is 3.44. The van der Waals surface area contributed by atoms with Crippen molar-refractivity contribution in [3.63, 3.8) is 0 Å². The Hall–Kier alpha value is -2.02. The summed E-state index contributed by atoms with van der Waals surface area (Å²) < 4.78 is 0. The van der Waals surface area contributed by atoms with E-state index in [2.05, 4.69) is 88.1 Å². The summed E-state index contributed by atoms with van der Waals surface area (Å²) in [6.07, 6.45) is 5.05. The third-order valence-electron chi connectivity index (χ3n) is 3.44. The molecule has 0 aliphatic carbocycles. The third kappa shape index (κ3) is 7.69. The minimum atomic E-state index is 0.343. The van der Waals surface area contributed by atoms with Gasteiger partial charge in [0.25, 0.3) is 0 Å². The van der Waals surface area contributed by atoms with Crippen molar-refractivity contribution >= 4 is 10.8 Å². The van der Waals surface area contributed by atoms with Gasteiger partial charge in [0.2, 0.25) is 0 Å². The first kappa shape index (κ1) is 21.0. The van der Waals surface area contributed by atoms with E-state index in [1.807, 2.05) is 19.9 Å².